The second kappa shape index (κ2) is 7.97. The van der Waals surface area contributed by atoms with E-state index in [0.29, 0.717) is 23.6 Å². The molecule has 2 amide bonds. The first kappa shape index (κ1) is 16.5. The highest BCUT2D eigenvalue weighted by Crippen LogP contribution is 2.18. The van der Waals surface area contributed by atoms with Crippen LogP contribution in [0.4, 0.5) is 0 Å². The summed E-state index contributed by atoms with van der Waals surface area (Å²) in [6.45, 7) is 6.62. The van der Waals surface area contributed by atoms with Gasteiger partial charge in [-0.2, -0.15) is 0 Å². The van der Waals surface area contributed by atoms with Gasteiger partial charge in [0.25, 0.3) is 11.8 Å². The molecule has 0 aromatic heterocycles. The quantitative estimate of drug-likeness (QED) is 0.850. The first-order chi connectivity index (χ1) is 10.6. The number of hydrogen-bond acceptors (Lipinski definition) is 2. The second-order valence-electron chi connectivity index (χ2n) is 6.16. The van der Waals surface area contributed by atoms with E-state index in [9.17, 15) is 9.59 Å². The van der Waals surface area contributed by atoms with E-state index < -0.39 is 0 Å². The Labute approximate surface area is 132 Å². The smallest absolute Gasteiger partial charge is 0.253 e. The Morgan fingerprint density at radius 3 is 2.59 bits per heavy atom. The Bertz CT molecular complexity index is 520. The molecule has 0 bridgehead atoms. The van der Waals surface area contributed by atoms with Gasteiger partial charge in [-0.3, -0.25) is 9.59 Å². The van der Waals surface area contributed by atoms with Gasteiger partial charge in [0, 0.05) is 30.8 Å². The summed E-state index contributed by atoms with van der Waals surface area (Å²) in [6.07, 6.45) is 4.13. The van der Waals surface area contributed by atoms with Crippen LogP contribution in [-0.4, -0.2) is 36.3 Å². The average molecular weight is 302 g/mol. The summed E-state index contributed by atoms with van der Waals surface area (Å²) in [4.78, 5) is 26.5. The SMILES string of the molecule is CCCCNC(=O)c1cccc(C(=O)N2CCC(C)CC2)c1. The molecule has 1 fully saturated rings. The topological polar surface area (TPSA) is 49.4 Å². The highest BCUT2D eigenvalue weighted by atomic mass is 16.2. The Morgan fingerprint density at radius 1 is 1.23 bits per heavy atom. The molecule has 0 atom stereocenters. The number of nitrogens with zero attached hydrogens (tertiary/aromatic N) is 1. The second-order valence-corrected chi connectivity index (χ2v) is 6.16. The maximum Gasteiger partial charge on any atom is 0.253 e. The van der Waals surface area contributed by atoms with Crippen molar-refractivity contribution >= 4 is 11.8 Å². The minimum Gasteiger partial charge on any atom is -0.352 e. The maximum atomic E-state index is 12.5. The lowest BCUT2D eigenvalue weighted by atomic mass is 9.98. The summed E-state index contributed by atoms with van der Waals surface area (Å²) in [5, 5.41) is 2.89. The lowest BCUT2D eigenvalue weighted by molar-refractivity contribution is 0.0697. The Kier molecular flexibility index (Phi) is 5.99. The summed E-state index contributed by atoms with van der Waals surface area (Å²) in [7, 11) is 0. The molecule has 1 aliphatic rings. The number of rotatable bonds is 5. The van der Waals surface area contributed by atoms with E-state index in [1.54, 1.807) is 24.3 Å². The van der Waals surface area contributed by atoms with Gasteiger partial charge < -0.3 is 10.2 Å². The number of amides is 2. The zero-order valence-electron chi connectivity index (χ0n) is 13.6. The van der Waals surface area contributed by atoms with Crippen molar-refractivity contribution in [2.45, 2.75) is 39.5 Å². The van der Waals surface area contributed by atoms with Crippen LogP contribution in [-0.2, 0) is 0 Å². The normalized spacial score (nSPS) is 15.6. The van der Waals surface area contributed by atoms with Crippen LogP contribution in [0, 0.1) is 5.92 Å². The summed E-state index contributed by atoms with van der Waals surface area (Å²) >= 11 is 0. The van der Waals surface area contributed by atoms with Crippen LogP contribution < -0.4 is 5.32 Å². The van der Waals surface area contributed by atoms with Crippen molar-refractivity contribution in [1.82, 2.24) is 10.2 Å². The fraction of sp³-hybridized carbons (Fsp3) is 0.556. The van der Waals surface area contributed by atoms with Crippen molar-refractivity contribution in [2.24, 2.45) is 5.92 Å². The van der Waals surface area contributed by atoms with Crippen molar-refractivity contribution < 1.29 is 9.59 Å². The molecule has 1 heterocycles. The summed E-state index contributed by atoms with van der Waals surface area (Å²) in [5.41, 5.74) is 1.17. The zero-order chi connectivity index (χ0) is 15.9. The average Bonchev–Trinajstić information content (AvgIpc) is 2.55. The third-order valence-corrected chi connectivity index (χ3v) is 4.26. The molecule has 1 aromatic carbocycles. The zero-order valence-corrected chi connectivity index (χ0v) is 13.6. The molecule has 0 unspecified atom stereocenters. The maximum absolute atomic E-state index is 12.5. The molecule has 4 heteroatoms. The van der Waals surface area contributed by atoms with Crippen molar-refractivity contribution in [3.05, 3.63) is 35.4 Å². The highest BCUT2D eigenvalue weighted by Gasteiger charge is 2.21. The Balaban J connectivity index is 2.01. The number of carbonyl (C=O) groups is 2. The van der Waals surface area contributed by atoms with E-state index in [-0.39, 0.29) is 11.8 Å². The predicted molar refractivity (Wildman–Crippen MR) is 88.0 cm³/mol. The molecule has 22 heavy (non-hydrogen) atoms. The summed E-state index contributed by atoms with van der Waals surface area (Å²) < 4.78 is 0. The number of unbranched alkanes of at least 4 members (excludes halogenated alkanes) is 1. The van der Waals surface area contributed by atoms with Crippen molar-refractivity contribution in [2.75, 3.05) is 19.6 Å². The van der Waals surface area contributed by atoms with Gasteiger partial charge in [0.05, 0.1) is 0 Å². The van der Waals surface area contributed by atoms with E-state index >= 15 is 0 Å². The lowest BCUT2D eigenvalue weighted by Crippen LogP contribution is -2.38. The van der Waals surface area contributed by atoms with Crippen LogP contribution >= 0.6 is 0 Å². The van der Waals surface area contributed by atoms with Gasteiger partial charge in [-0.1, -0.05) is 26.3 Å². The molecule has 1 saturated heterocycles. The van der Waals surface area contributed by atoms with Crippen LogP contribution in [0.3, 0.4) is 0 Å². The molecular formula is C18H26N2O2. The van der Waals surface area contributed by atoms with Crippen LogP contribution in [0.25, 0.3) is 0 Å². The van der Waals surface area contributed by atoms with Gasteiger partial charge >= 0.3 is 0 Å². The molecule has 1 aliphatic heterocycles. The van der Waals surface area contributed by atoms with E-state index in [1.807, 2.05) is 4.90 Å². The first-order valence-electron chi connectivity index (χ1n) is 8.29. The van der Waals surface area contributed by atoms with Gasteiger partial charge in [-0.05, 0) is 43.4 Å². The van der Waals surface area contributed by atoms with Gasteiger partial charge in [0.15, 0.2) is 0 Å². The number of benzene rings is 1. The largest absolute Gasteiger partial charge is 0.352 e. The van der Waals surface area contributed by atoms with Crippen LogP contribution in [0.5, 0.6) is 0 Å². The number of likely N-dealkylation sites (tertiary alicyclic amines) is 1. The fourth-order valence-corrected chi connectivity index (χ4v) is 2.67. The minimum absolute atomic E-state index is 0.0371. The molecule has 1 N–H and O–H groups in total. The number of nitrogens with one attached hydrogen (secondary N) is 1. The summed E-state index contributed by atoms with van der Waals surface area (Å²) in [5.74, 6) is 0.630. The molecule has 0 saturated carbocycles. The van der Waals surface area contributed by atoms with Crippen molar-refractivity contribution in [1.29, 1.82) is 0 Å². The number of hydrogen-bond donors (Lipinski definition) is 1. The highest BCUT2D eigenvalue weighted by molar-refractivity contribution is 5.99. The number of carbonyl (C=O) groups excluding carboxylic acids is 2. The van der Waals surface area contributed by atoms with Crippen LogP contribution in [0.1, 0.15) is 60.2 Å². The third kappa shape index (κ3) is 4.33. The number of piperidine rings is 1. The fourth-order valence-electron chi connectivity index (χ4n) is 2.67. The molecule has 0 radical (unpaired) electrons. The molecule has 0 spiro atoms. The molecule has 0 aliphatic carbocycles. The summed E-state index contributed by atoms with van der Waals surface area (Å²) in [6, 6.07) is 7.05. The van der Waals surface area contributed by atoms with E-state index in [4.69, 9.17) is 0 Å². The minimum atomic E-state index is -0.102. The van der Waals surface area contributed by atoms with Crippen molar-refractivity contribution in [3.63, 3.8) is 0 Å². The Hall–Kier alpha value is -1.84. The van der Waals surface area contributed by atoms with Gasteiger partial charge in [-0.15, -0.1) is 0 Å². The molecule has 120 valence electrons. The van der Waals surface area contributed by atoms with Crippen LogP contribution in [0.15, 0.2) is 24.3 Å². The van der Waals surface area contributed by atoms with Crippen molar-refractivity contribution in [3.8, 4) is 0 Å². The van der Waals surface area contributed by atoms with E-state index in [2.05, 4.69) is 19.2 Å². The van der Waals surface area contributed by atoms with Gasteiger partial charge in [0.1, 0.15) is 0 Å². The third-order valence-electron chi connectivity index (χ3n) is 4.26. The Morgan fingerprint density at radius 2 is 1.91 bits per heavy atom. The first-order valence-corrected chi connectivity index (χ1v) is 8.29. The standard InChI is InChI=1S/C18H26N2O2/c1-3-4-10-19-17(21)15-6-5-7-16(13-15)18(22)20-11-8-14(2)9-12-20/h5-7,13-14H,3-4,8-12H2,1-2H3,(H,19,21). The van der Waals surface area contributed by atoms with E-state index in [1.165, 1.54) is 0 Å². The van der Waals surface area contributed by atoms with Gasteiger partial charge in [0.2, 0.25) is 0 Å². The van der Waals surface area contributed by atoms with E-state index in [0.717, 1.165) is 38.8 Å². The lowest BCUT2D eigenvalue weighted by Gasteiger charge is -2.30. The molecular weight excluding hydrogens is 276 g/mol. The predicted octanol–water partition coefficient (Wildman–Crippen LogP) is 3.09. The molecule has 1 aromatic rings. The van der Waals surface area contributed by atoms with Crippen LogP contribution in [0.2, 0.25) is 0 Å². The monoisotopic (exact) mass is 302 g/mol. The molecule has 2 rings (SSSR count). The molecule has 4 nitrogen and oxygen atoms in total. The van der Waals surface area contributed by atoms with Gasteiger partial charge in [-0.25, -0.2) is 0 Å².